The predicted molar refractivity (Wildman–Crippen MR) is 125 cm³/mol. The van der Waals surface area contributed by atoms with Crippen molar-refractivity contribution in [3.8, 4) is 0 Å². The SMILES string of the molecule is Cn1cncc1CN1CC(C)(C)OC[C@H]1C(=O)Nc1cc(Cl)cc2c1[nH]c1cnccc12. The van der Waals surface area contributed by atoms with Gasteiger partial charge in [-0.1, -0.05) is 11.6 Å². The van der Waals surface area contributed by atoms with Crippen molar-refractivity contribution in [1.29, 1.82) is 0 Å². The first kappa shape index (κ1) is 20.9. The number of nitrogens with zero attached hydrogens (tertiary/aromatic N) is 4. The Morgan fingerprint density at radius 2 is 2.16 bits per heavy atom. The standard InChI is InChI=1S/C23H25ClN6O2/c1-23(2)12-30(10-15-8-26-13-29(15)3)20(11-32-23)22(31)28-18-7-14(24)6-17-16-4-5-25-9-19(16)27-21(17)18/h4-9,13,20,27H,10-12H2,1-3H3,(H,28,31)/t20-/m0/s1. The van der Waals surface area contributed by atoms with Gasteiger partial charge in [-0.25, -0.2) is 4.98 Å². The van der Waals surface area contributed by atoms with E-state index in [2.05, 4.69) is 25.2 Å². The highest BCUT2D eigenvalue weighted by molar-refractivity contribution is 6.33. The molecule has 9 heteroatoms. The van der Waals surface area contributed by atoms with E-state index in [1.54, 1.807) is 24.8 Å². The Hall–Kier alpha value is -2.94. The molecule has 1 aliphatic rings. The average molecular weight is 453 g/mol. The van der Waals surface area contributed by atoms with Crippen LogP contribution >= 0.6 is 11.6 Å². The van der Waals surface area contributed by atoms with E-state index in [1.165, 1.54) is 0 Å². The largest absolute Gasteiger partial charge is 0.372 e. The number of aromatic nitrogens is 4. The number of anilines is 1. The van der Waals surface area contributed by atoms with Gasteiger partial charge < -0.3 is 19.6 Å². The molecule has 0 spiro atoms. The fraction of sp³-hybridized carbons (Fsp3) is 0.348. The highest BCUT2D eigenvalue weighted by Gasteiger charge is 2.38. The van der Waals surface area contributed by atoms with E-state index in [-0.39, 0.29) is 11.5 Å². The summed E-state index contributed by atoms with van der Waals surface area (Å²) >= 11 is 6.40. The Kier molecular flexibility index (Phi) is 5.16. The number of imidazole rings is 1. The van der Waals surface area contributed by atoms with Crippen LogP contribution in [0.4, 0.5) is 5.69 Å². The summed E-state index contributed by atoms with van der Waals surface area (Å²) in [6.45, 7) is 5.60. The molecule has 0 aliphatic carbocycles. The van der Waals surface area contributed by atoms with E-state index in [4.69, 9.17) is 16.3 Å². The summed E-state index contributed by atoms with van der Waals surface area (Å²) in [6, 6.07) is 5.15. The molecule has 0 unspecified atom stereocenters. The van der Waals surface area contributed by atoms with Crippen LogP contribution in [0.25, 0.3) is 21.8 Å². The van der Waals surface area contributed by atoms with Crippen molar-refractivity contribution in [3.63, 3.8) is 0 Å². The van der Waals surface area contributed by atoms with Crippen LogP contribution in [-0.4, -0.2) is 55.1 Å². The molecule has 2 N–H and O–H groups in total. The first-order chi connectivity index (χ1) is 15.3. The zero-order valence-electron chi connectivity index (χ0n) is 18.2. The summed E-state index contributed by atoms with van der Waals surface area (Å²) in [5, 5.41) is 5.59. The maximum atomic E-state index is 13.4. The quantitative estimate of drug-likeness (QED) is 0.492. The Bertz CT molecular complexity index is 1310. The second-order valence-electron chi connectivity index (χ2n) is 8.90. The van der Waals surface area contributed by atoms with Gasteiger partial charge in [0, 0.05) is 48.3 Å². The van der Waals surface area contributed by atoms with Gasteiger partial charge in [0.25, 0.3) is 0 Å². The third-order valence-electron chi connectivity index (χ3n) is 5.97. The number of ether oxygens (including phenoxy) is 1. The number of nitrogens with one attached hydrogen (secondary N) is 2. The molecule has 1 aromatic carbocycles. The van der Waals surface area contributed by atoms with Gasteiger partial charge in [-0.2, -0.15) is 0 Å². The summed E-state index contributed by atoms with van der Waals surface area (Å²) < 4.78 is 7.98. The highest BCUT2D eigenvalue weighted by Crippen LogP contribution is 2.33. The van der Waals surface area contributed by atoms with Gasteiger partial charge in [-0.3, -0.25) is 14.7 Å². The Morgan fingerprint density at radius 1 is 1.31 bits per heavy atom. The summed E-state index contributed by atoms with van der Waals surface area (Å²) in [5.74, 6) is -0.136. The number of carbonyl (C=O) groups is 1. The number of aryl methyl sites for hydroxylation is 1. The van der Waals surface area contributed by atoms with Crippen LogP contribution < -0.4 is 5.32 Å². The lowest BCUT2D eigenvalue weighted by atomic mass is 10.0. The molecule has 0 radical (unpaired) electrons. The van der Waals surface area contributed by atoms with E-state index < -0.39 is 6.04 Å². The molecule has 1 fully saturated rings. The first-order valence-corrected chi connectivity index (χ1v) is 10.9. The molecule has 8 nitrogen and oxygen atoms in total. The summed E-state index contributed by atoms with van der Waals surface area (Å²) in [7, 11) is 1.95. The van der Waals surface area contributed by atoms with E-state index >= 15 is 0 Å². The van der Waals surface area contributed by atoms with Gasteiger partial charge >= 0.3 is 0 Å². The second kappa shape index (κ2) is 7.88. The van der Waals surface area contributed by atoms with Crippen LogP contribution in [0.5, 0.6) is 0 Å². The van der Waals surface area contributed by atoms with Crippen molar-refractivity contribution in [2.45, 2.75) is 32.0 Å². The van der Waals surface area contributed by atoms with Gasteiger partial charge in [-0.05, 0) is 32.0 Å². The number of rotatable bonds is 4. The van der Waals surface area contributed by atoms with Crippen molar-refractivity contribution in [3.05, 3.63) is 53.8 Å². The number of morpholine rings is 1. The minimum Gasteiger partial charge on any atom is -0.372 e. The number of fused-ring (bicyclic) bond motifs is 3. The van der Waals surface area contributed by atoms with E-state index in [9.17, 15) is 4.79 Å². The minimum absolute atomic E-state index is 0.136. The number of pyridine rings is 1. The van der Waals surface area contributed by atoms with E-state index in [0.717, 1.165) is 27.5 Å². The maximum absolute atomic E-state index is 13.4. The summed E-state index contributed by atoms with van der Waals surface area (Å²) in [6.07, 6.45) is 7.10. The molecule has 1 amide bonds. The first-order valence-electron chi connectivity index (χ1n) is 10.5. The number of amides is 1. The molecule has 1 atom stereocenters. The van der Waals surface area contributed by atoms with Crippen LogP contribution in [0.2, 0.25) is 5.02 Å². The average Bonchev–Trinajstić information content (AvgIpc) is 3.31. The number of hydrogen-bond donors (Lipinski definition) is 2. The Balaban J connectivity index is 1.46. The number of carbonyl (C=O) groups excluding carboxylic acids is 1. The number of H-pyrrole nitrogens is 1. The lowest BCUT2D eigenvalue weighted by Gasteiger charge is -2.42. The molecular formula is C23H25ClN6O2. The van der Waals surface area contributed by atoms with Gasteiger partial charge in [-0.15, -0.1) is 0 Å². The van der Waals surface area contributed by atoms with Crippen molar-refractivity contribution in [2.24, 2.45) is 7.05 Å². The third-order valence-corrected chi connectivity index (χ3v) is 6.19. The molecule has 5 rings (SSSR count). The number of hydrogen-bond acceptors (Lipinski definition) is 5. The monoisotopic (exact) mass is 452 g/mol. The lowest BCUT2D eigenvalue weighted by molar-refractivity contribution is -0.144. The van der Waals surface area contributed by atoms with Gasteiger partial charge in [0.2, 0.25) is 5.91 Å². The van der Waals surface area contributed by atoms with Gasteiger partial charge in [0.05, 0.1) is 47.1 Å². The van der Waals surface area contributed by atoms with E-state index in [1.807, 2.05) is 43.8 Å². The number of aromatic amines is 1. The van der Waals surface area contributed by atoms with Crippen LogP contribution in [-0.2, 0) is 23.1 Å². The van der Waals surface area contributed by atoms with Crippen LogP contribution in [0.15, 0.2) is 43.1 Å². The molecule has 1 aliphatic heterocycles. The molecule has 32 heavy (non-hydrogen) atoms. The summed E-state index contributed by atoms with van der Waals surface area (Å²) in [5.41, 5.74) is 3.04. The molecule has 3 aromatic heterocycles. The normalized spacial score (nSPS) is 18.9. The Morgan fingerprint density at radius 3 is 2.94 bits per heavy atom. The maximum Gasteiger partial charge on any atom is 0.244 e. The molecule has 1 saturated heterocycles. The molecule has 0 bridgehead atoms. The van der Waals surface area contributed by atoms with Crippen LogP contribution in [0.1, 0.15) is 19.5 Å². The predicted octanol–water partition coefficient (Wildman–Crippen LogP) is 3.72. The third kappa shape index (κ3) is 3.85. The lowest BCUT2D eigenvalue weighted by Crippen LogP contribution is -2.57. The fourth-order valence-electron chi connectivity index (χ4n) is 4.34. The van der Waals surface area contributed by atoms with Gasteiger partial charge in [0.15, 0.2) is 0 Å². The van der Waals surface area contributed by atoms with Crippen molar-refractivity contribution >= 4 is 45.0 Å². The fourth-order valence-corrected chi connectivity index (χ4v) is 4.56. The molecule has 4 aromatic rings. The van der Waals surface area contributed by atoms with Gasteiger partial charge in [0.1, 0.15) is 6.04 Å². The highest BCUT2D eigenvalue weighted by atomic mass is 35.5. The number of halogens is 1. The van der Waals surface area contributed by atoms with Crippen molar-refractivity contribution < 1.29 is 9.53 Å². The van der Waals surface area contributed by atoms with E-state index in [0.29, 0.717) is 30.4 Å². The molecule has 166 valence electrons. The van der Waals surface area contributed by atoms with Crippen molar-refractivity contribution in [2.75, 3.05) is 18.5 Å². The minimum atomic E-state index is -0.446. The summed E-state index contributed by atoms with van der Waals surface area (Å²) in [4.78, 5) is 27.3. The zero-order valence-corrected chi connectivity index (χ0v) is 19.0. The van der Waals surface area contributed by atoms with Crippen molar-refractivity contribution in [1.82, 2.24) is 24.4 Å². The number of benzene rings is 1. The molecular weight excluding hydrogens is 428 g/mol. The van der Waals surface area contributed by atoms with Crippen LogP contribution in [0, 0.1) is 0 Å². The molecule has 4 heterocycles. The smallest absolute Gasteiger partial charge is 0.244 e. The topological polar surface area (TPSA) is 88.1 Å². The zero-order chi connectivity index (χ0) is 22.5. The Labute approximate surface area is 190 Å². The second-order valence-corrected chi connectivity index (χ2v) is 9.34. The molecule has 0 saturated carbocycles. The van der Waals surface area contributed by atoms with Crippen LogP contribution in [0.3, 0.4) is 0 Å².